The minimum absolute atomic E-state index is 0.436. The fourth-order valence-corrected chi connectivity index (χ4v) is 10.5. The molecule has 3 amide bonds. The molecule has 9 N–H and O–H groups in total. The van der Waals surface area contributed by atoms with Gasteiger partial charge in [0.05, 0.1) is 105 Å². The van der Waals surface area contributed by atoms with E-state index in [0.29, 0.717) is 89.1 Å². The smallest absolute Gasteiger partial charge is 0.248 e. The molecule has 0 spiro atoms. The van der Waals surface area contributed by atoms with Crippen LogP contribution >= 0.6 is 0 Å². The summed E-state index contributed by atoms with van der Waals surface area (Å²) in [4.78, 5) is 80.6. The zero-order chi connectivity index (χ0) is 63.6. The number of aromatic nitrogens is 15. The summed E-state index contributed by atoms with van der Waals surface area (Å²) in [5.74, 6) is 1.88. The molecule has 0 unspecified atom stereocenters. The van der Waals surface area contributed by atoms with Gasteiger partial charge in [0, 0.05) is 84.0 Å². The number of rotatable bonds is 15. The number of ether oxygens (including phenoxy) is 3. The molecule has 3 saturated heterocycles. The van der Waals surface area contributed by atoms with E-state index in [9.17, 15) is 14.4 Å². The van der Waals surface area contributed by atoms with E-state index in [2.05, 4.69) is 103 Å². The van der Waals surface area contributed by atoms with Gasteiger partial charge in [0.25, 0.3) is 0 Å². The molecule has 30 heteroatoms. The average molecular weight is 1250 g/mol. The van der Waals surface area contributed by atoms with E-state index in [0.717, 1.165) is 103 Å². The lowest BCUT2D eigenvalue weighted by molar-refractivity contribution is 0.0992. The summed E-state index contributed by atoms with van der Waals surface area (Å²) in [7, 11) is 0. The van der Waals surface area contributed by atoms with E-state index in [1.165, 1.54) is 24.7 Å². The minimum Gasteiger partial charge on any atom is -0.378 e. The SMILES string of the molecule is NC(=O)c1ccc(-c2cnc(Nc3ccc(N4CCOCC4)cc3)c3ncnn23)cc1.NC(=O)c1ccc(-c2cnc(Nc3ccc(N4CCOCC4)nc3)c3ncnn23)cc1.NC(=O)c1ccc(-c2cnc(Nc3cnc(N4CCOCC4)nc3)c3ncnn23)cc1. The Kier molecular flexibility index (Phi) is 17.6. The summed E-state index contributed by atoms with van der Waals surface area (Å²) >= 11 is 0. The number of amides is 3. The number of primary amides is 3. The van der Waals surface area contributed by atoms with Gasteiger partial charge < -0.3 is 62.1 Å². The molecule has 3 aliphatic heterocycles. The van der Waals surface area contributed by atoms with Crippen LogP contribution in [0, 0.1) is 0 Å². The van der Waals surface area contributed by atoms with E-state index in [1.54, 1.807) is 111 Å². The van der Waals surface area contributed by atoms with Gasteiger partial charge >= 0.3 is 0 Å². The molecule has 0 saturated carbocycles. The summed E-state index contributed by atoms with van der Waals surface area (Å²) in [5, 5.41) is 22.8. The highest BCUT2D eigenvalue weighted by Gasteiger charge is 2.20. The molecular weight excluding hydrogens is 1190 g/mol. The Labute approximate surface area is 529 Å². The molecule has 93 heavy (non-hydrogen) atoms. The van der Waals surface area contributed by atoms with E-state index >= 15 is 0 Å². The van der Waals surface area contributed by atoms with Crippen LogP contribution in [-0.4, -0.2) is 170 Å². The third-order valence-electron chi connectivity index (χ3n) is 15.4. The molecule has 0 radical (unpaired) electrons. The molecule has 3 aliphatic rings. The second kappa shape index (κ2) is 27.3. The van der Waals surface area contributed by atoms with Gasteiger partial charge in [-0.25, -0.2) is 58.4 Å². The Morgan fingerprint density at radius 1 is 0.355 bits per heavy atom. The number of carbonyl (C=O) groups is 3. The van der Waals surface area contributed by atoms with Crippen LogP contribution in [0.25, 0.3) is 50.7 Å². The summed E-state index contributed by atoms with van der Waals surface area (Å²) < 4.78 is 21.3. The predicted octanol–water partition coefficient (Wildman–Crippen LogP) is 5.60. The topological polar surface area (TPSA) is 371 Å². The zero-order valence-corrected chi connectivity index (χ0v) is 49.8. The van der Waals surface area contributed by atoms with Crippen LogP contribution in [-0.2, 0) is 14.2 Å². The molecule has 11 heterocycles. The second-order valence-corrected chi connectivity index (χ2v) is 21.2. The van der Waals surface area contributed by atoms with E-state index < -0.39 is 17.7 Å². The zero-order valence-electron chi connectivity index (χ0n) is 49.8. The van der Waals surface area contributed by atoms with Crippen molar-refractivity contribution in [1.82, 2.24) is 73.7 Å². The number of anilines is 9. The van der Waals surface area contributed by atoms with Gasteiger partial charge in [0.15, 0.2) is 34.4 Å². The number of benzene rings is 4. The van der Waals surface area contributed by atoms with Crippen LogP contribution in [0.3, 0.4) is 0 Å². The molecule has 468 valence electrons. The molecule has 30 nitrogen and oxygen atoms in total. The summed E-state index contributed by atoms with van der Waals surface area (Å²) in [6.07, 6.45) is 14.7. The first-order chi connectivity index (χ1) is 45.6. The Hall–Kier alpha value is -12.2. The van der Waals surface area contributed by atoms with Gasteiger partial charge in [0.1, 0.15) is 24.8 Å². The number of pyridine rings is 1. The first-order valence-corrected chi connectivity index (χ1v) is 29.5. The lowest BCUT2D eigenvalue weighted by Crippen LogP contribution is -2.37. The van der Waals surface area contributed by atoms with Crippen LogP contribution in [0.1, 0.15) is 31.1 Å². The van der Waals surface area contributed by atoms with Crippen molar-refractivity contribution in [2.75, 3.05) is 110 Å². The summed E-state index contributed by atoms with van der Waals surface area (Å²) in [5.41, 5.74) is 27.4. The number of fused-ring (bicyclic) bond motifs is 3. The van der Waals surface area contributed by atoms with Crippen LogP contribution in [0.5, 0.6) is 0 Å². The van der Waals surface area contributed by atoms with Gasteiger partial charge in [-0.1, -0.05) is 36.4 Å². The number of carbonyl (C=O) groups excluding carboxylic acids is 3. The van der Waals surface area contributed by atoms with Crippen molar-refractivity contribution in [3.05, 3.63) is 182 Å². The number of morpholine rings is 3. The largest absolute Gasteiger partial charge is 0.378 e. The Morgan fingerprint density at radius 3 is 1.10 bits per heavy atom. The molecule has 15 rings (SSSR count). The van der Waals surface area contributed by atoms with Crippen molar-refractivity contribution in [2.45, 2.75) is 0 Å². The fraction of sp³-hybridized carbons (Fsp3) is 0.190. The van der Waals surface area contributed by atoms with Crippen molar-refractivity contribution < 1.29 is 28.6 Å². The van der Waals surface area contributed by atoms with E-state index in [-0.39, 0.29) is 0 Å². The van der Waals surface area contributed by atoms with Crippen LogP contribution in [0.4, 0.5) is 52.0 Å². The highest BCUT2D eigenvalue weighted by atomic mass is 16.5. The second-order valence-electron chi connectivity index (χ2n) is 21.2. The monoisotopic (exact) mass is 1250 g/mol. The van der Waals surface area contributed by atoms with Crippen molar-refractivity contribution in [1.29, 1.82) is 0 Å². The minimum atomic E-state index is -0.475. The third kappa shape index (κ3) is 13.6. The molecule has 8 aromatic heterocycles. The normalized spacial score (nSPS) is 14.0. The highest BCUT2D eigenvalue weighted by Crippen LogP contribution is 2.30. The van der Waals surface area contributed by atoms with E-state index in [1.807, 2.05) is 36.4 Å². The first kappa shape index (κ1) is 59.8. The van der Waals surface area contributed by atoms with Crippen molar-refractivity contribution >= 4 is 86.6 Å². The van der Waals surface area contributed by atoms with Crippen molar-refractivity contribution in [3.63, 3.8) is 0 Å². The molecule has 4 aromatic carbocycles. The van der Waals surface area contributed by atoms with Crippen molar-refractivity contribution in [2.24, 2.45) is 17.2 Å². The molecule has 0 bridgehead atoms. The lowest BCUT2D eigenvalue weighted by atomic mass is 10.1. The number of hydrogen-bond acceptors (Lipinski definition) is 24. The van der Waals surface area contributed by atoms with Crippen LogP contribution in [0.15, 0.2) is 165 Å². The Bertz CT molecular complexity index is 4110. The predicted molar refractivity (Wildman–Crippen MR) is 346 cm³/mol. The highest BCUT2D eigenvalue weighted by molar-refractivity contribution is 5.94. The lowest BCUT2D eigenvalue weighted by Gasteiger charge is -2.28. The number of nitrogens with two attached hydrogens (primary N) is 3. The van der Waals surface area contributed by atoms with Gasteiger partial charge in [-0.3, -0.25) is 14.4 Å². The standard InChI is InChI=1S/C22H21N7O2.C21H20N8O2.C20H19N9O2/c23-20(30)16-3-1-15(2-4-16)19-13-24-21(22-25-14-26-29(19)22)27-17-5-7-18(8-6-17)28-9-11-31-12-10-28;22-19(30)15-3-1-14(2-4-15)17-12-24-20(21-25-13-26-29(17)21)27-16-5-6-18(23-11-16)28-7-9-31-10-8-28;21-17(30)14-3-1-13(2-4-14)16-11-22-18(19-25-12-26-29(16)19)27-15-9-23-20(24-10-15)28-5-7-31-8-6-28/h1-8,13-14H,9-12H2,(H2,23,30)(H,24,27);1-6,11-13H,7-10H2,(H2,22,30)(H,24,27);1-4,9-12H,5-8H2,(H2,21,30)(H,22,27). The number of nitrogens with one attached hydrogen (secondary N) is 3. The quantitative estimate of drug-likeness (QED) is 0.0727. The maximum absolute atomic E-state index is 11.3. The molecule has 0 atom stereocenters. The Balaban J connectivity index is 0.000000127. The van der Waals surface area contributed by atoms with Crippen molar-refractivity contribution in [3.8, 4) is 33.8 Å². The molecule has 3 fully saturated rings. The van der Waals surface area contributed by atoms with E-state index in [4.69, 9.17) is 31.4 Å². The van der Waals surface area contributed by atoms with Gasteiger partial charge in [-0.05, 0) is 72.8 Å². The third-order valence-corrected chi connectivity index (χ3v) is 15.4. The van der Waals surface area contributed by atoms with Crippen LogP contribution in [0.2, 0.25) is 0 Å². The van der Waals surface area contributed by atoms with Gasteiger partial charge in [-0.2, -0.15) is 15.3 Å². The fourth-order valence-electron chi connectivity index (χ4n) is 10.5. The van der Waals surface area contributed by atoms with Gasteiger partial charge in [-0.15, -0.1) is 0 Å². The first-order valence-electron chi connectivity index (χ1n) is 29.5. The van der Waals surface area contributed by atoms with Crippen LogP contribution < -0.4 is 47.9 Å². The molecule has 12 aromatic rings. The Morgan fingerprint density at radius 2 is 0.710 bits per heavy atom. The summed E-state index contributed by atoms with van der Waals surface area (Å²) in [6, 6.07) is 33.0. The molecule has 0 aliphatic carbocycles. The summed E-state index contributed by atoms with van der Waals surface area (Å²) in [6.45, 7) is 9.32. The average Bonchev–Trinajstić information content (AvgIpc) is 1.79. The maximum atomic E-state index is 11.3. The number of hydrogen-bond donors (Lipinski definition) is 6. The molecular formula is C63H60N24O6. The van der Waals surface area contributed by atoms with Gasteiger partial charge in [0.2, 0.25) is 23.7 Å². The maximum Gasteiger partial charge on any atom is 0.248 e. The number of nitrogens with zero attached hydrogens (tertiary/aromatic N) is 18.